The number of fused-ring (bicyclic) bond motifs is 1. The third kappa shape index (κ3) is 5.39. The fourth-order valence-corrected chi connectivity index (χ4v) is 5.76. The van der Waals surface area contributed by atoms with Crippen LogP contribution in [0.25, 0.3) is 10.9 Å². The first-order valence-electron chi connectivity index (χ1n) is 12.3. The van der Waals surface area contributed by atoms with E-state index in [9.17, 15) is 13.2 Å². The minimum absolute atomic E-state index is 0.00934. The summed E-state index contributed by atoms with van der Waals surface area (Å²) in [4.78, 5) is 20.1. The summed E-state index contributed by atoms with van der Waals surface area (Å²) in [6.45, 7) is 14.5. The van der Waals surface area contributed by atoms with Crippen LogP contribution in [0.5, 0.6) is 5.75 Å². The van der Waals surface area contributed by atoms with Gasteiger partial charge in [0.2, 0.25) is 5.91 Å². The molecule has 1 heterocycles. The van der Waals surface area contributed by atoms with E-state index in [0.717, 1.165) is 11.1 Å². The molecule has 1 fully saturated rings. The molecule has 194 valence electrons. The number of carbonyl (C=O) groups is 1. The van der Waals surface area contributed by atoms with E-state index in [2.05, 4.69) is 22.9 Å². The van der Waals surface area contributed by atoms with Gasteiger partial charge < -0.3 is 9.64 Å². The Labute approximate surface area is 218 Å². The molecule has 1 N–H and O–H groups in total. The van der Waals surface area contributed by atoms with Crippen LogP contribution >= 0.6 is 0 Å². The van der Waals surface area contributed by atoms with E-state index in [4.69, 9.17) is 4.74 Å². The van der Waals surface area contributed by atoms with Crippen molar-refractivity contribution >= 4 is 32.7 Å². The fourth-order valence-electron chi connectivity index (χ4n) is 4.49. The number of sulfonamides is 1. The lowest BCUT2D eigenvalue weighted by molar-refractivity contribution is -0.121. The summed E-state index contributed by atoms with van der Waals surface area (Å²) >= 11 is 0. The summed E-state index contributed by atoms with van der Waals surface area (Å²) in [7, 11) is -4.16. The number of amides is 1. The number of aryl methyl sites for hydroxylation is 1. The Morgan fingerprint density at radius 3 is 2.46 bits per heavy atom. The SMILES string of the molecule is C=CCN(CC=C)c1ccc2c(S(=O)(=O)NC(=O)C3(c4cc(C)ccc4OC(C)C)CC3)cccc2n1. The van der Waals surface area contributed by atoms with Crippen molar-refractivity contribution in [1.29, 1.82) is 0 Å². The Kier molecular flexibility index (Phi) is 7.41. The maximum Gasteiger partial charge on any atom is 0.264 e. The van der Waals surface area contributed by atoms with Crippen molar-refractivity contribution in [3.05, 3.63) is 85.0 Å². The molecule has 0 aliphatic heterocycles. The number of benzene rings is 2. The second kappa shape index (κ2) is 10.4. The zero-order valence-corrected chi connectivity index (χ0v) is 22.3. The van der Waals surface area contributed by atoms with Crippen LogP contribution < -0.4 is 14.4 Å². The third-order valence-electron chi connectivity index (χ3n) is 6.41. The largest absolute Gasteiger partial charge is 0.491 e. The maximum atomic E-state index is 13.5. The van der Waals surface area contributed by atoms with Crippen LogP contribution in [0, 0.1) is 6.92 Å². The quantitative estimate of drug-likeness (QED) is 0.357. The number of aromatic nitrogens is 1. The molecule has 0 saturated heterocycles. The summed E-state index contributed by atoms with van der Waals surface area (Å²) in [6.07, 6.45) is 4.56. The Hall–Kier alpha value is -3.65. The number of hydrogen-bond donors (Lipinski definition) is 1. The average molecular weight is 520 g/mol. The molecule has 0 atom stereocenters. The summed E-state index contributed by atoms with van der Waals surface area (Å²) in [5, 5.41) is 0.438. The summed E-state index contributed by atoms with van der Waals surface area (Å²) in [5.41, 5.74) is 1.28. The highest BCUT2D eigenvalue weighted by Gasteiger charge is 2.54. The lowest BCUT2D eigenvalue weighted by Gasteiger charge is -2.22. The zero-order valence-electron chi connectivity index (χ0n) is 21.5. The van der Waals surface area contributed by atoms with E-state index >= 15 is 0 Å². The van der Waals surface area contributed by atoms with Crippen LogP contribution in [0.15, 0.2) is 78.7 Å². The highest BCUT2D eigenvalue weighted by Crippen LogP contribution is 2.52. The van der Waals surface area contributed by atoms with Gasteiger partial charge in [-0.05, 0) is 63.9 Å². The number of nitrogens with one attached hydrogen (secondary N) is 1. The molecule has 1 saturated carbocycles. The van der Waals surface area contributed by atoms with E-state index in [1.54, 1.807) is 36.4 Å². The summed E-state index contributed by atoms with van der Waals surface area (Å²) < 4.78 is 35.3. The molecule has 7 nitrogen and oxygen atoms in total. The number of rotatable bonds is 11. The standard InChI is InChI=1S/C29H33N3O4S/c1-6-17-32(18-7-2)27-14-12-22-24(30-27)9-8-10-26(22)37(34,35)31-28(33)29(15-16-29)23-19-21(5)11-13-25(23)36-20(3)4/h6-14,19-20H,1-2,15-18H2,3-5H3,(H,31,33). The highest BCUT2D eigenvalue weighted by molar-refractivity contribution is 7.90. The molecule has 1 aromatic heterocycles. The average Bonchev–Trinajstić information content (AvgIpc) is 3.66. The van der Waals surface area contributed by atoms with Crippen LogP contribution in [-0.4, -0.2) is 38.5 Å². The first kappa shape index (κ1) is 26.4. The molecule has 1 aliphatic carbocycles. The van der Waals surface area contributed by atoms with Crippen molar-refractivity contribution in [1.82, 2.24) is 9.71 Å². The Bertz CT molecular complexity index is 1450. The van der Waals surface area contributed by atoms with E-state index in [0.29, 0.717) is 48.4 Å². The monoisotopic (exact) mass is 519 g/mol. The molecule has 4 rings (SSSR count). The van der Waals surface area contributed by atoms with E-state index < -0.39 is 21.3 Å². The first-order valence-corrected chi connectivity index (χ1v) is 13.8. The van der Waals surface area contributed by atoms with Crippen molar-refractivity contribution in [2.75, 3.05) is 18.0 Å². The van der Waals surface area contributed by atoms with Gasteiger partial charge in [-0.25, -0.2) is 18.1 Å². The van der Waals surface area contributed by atoms with Crippen LogP contribution in [0.3, 0.4) is 0 Å². The smallest absolute Gasteiger partial charge is 0.264 e. The van der Waals surface area contributed by atoms with Crippen molar-refractivity contribution in [3.8, 4) is 5.75 Å². The van der Waals surface area contributed by atoms with Gasteiger partial charge in [0.25, 0.3) is 10.0 Å². The topological polar surface area (TPSA) is 88.6 Å². The Morgan fingerprint density at radius 1 is 1.14 bits per heavy atom. The van der Waals surface area contributed by atoms with Gasteiger partial charge in [0, 0.05) is 24.0 Å². The van der Waals surface area contributed by atoms with E-state index in [1.807, 2.05) is 43.9 Å². The van der Waals surface area contributed by atoms with Gasteiger partial charge >= 0.3 is 0 Å². The molecule has 0 unspecified atom stereocenters. The molecular formula is C29H33N3O4S. The Morgan fingerprint density at radius 2 is 1.84 bits per heavy atom. The van der Waals surface area contributed by atoms with Gasteiger partial charge in [0.15, 0.2) is 0 Å². The second-order valence-corrected chi connectivity index (χ2v) is 11.3. The first-order chi connectivity index (χ1) is 17.6. The van der Waals surface area contributed by atoms with Crippen molar-refractivity contribution < 1.29 is 17.9 Å². The van der Waals surface area contributed by atoms with Crippen molar-refractivity contribution in [2.24, 2.45) is 0 Å². The maximum absolute atomic E-state index is 13.5. The minimum atomic E-state index is -4.16. The molecule has 2 aromatic carbocycles. The molecule has 3 aromatic rings. The predicted molar refractivity (Wildman–Crippen MR) is 148 cm³/mol. The number of anilines is 1. The molecule has 0 bridgehead atoms. The number of pyridine rings is 1. The van der Waals surface area contributed by atoms with Crippen LogP contribution in [0.2, 0.25) is 0 Å². The van der Waals surface area contributed by atoms with Crippen LogP contribution in [0.4, 0.5) is 5.82 Å². The van der Waals surface area contributed by atoms with Crippen molar-refractivity contribution in [3.63, 3.8) is 0 Å². The van der Waals surface area contributed by atoms with Gasteiger partial charge in [-0.2, -0.15) is 0 Å². The predicted octanol–water partition coefficient (Wildman–Crippen LogP) is 5.05. The van der Waals surface area contributed by atoms with E-state index in [-0.39, 0.29) is 11.0 Å². The van der Waals surface area contributed by atoms with Gasteiger partial charge in [0.1, 0.15) is 11.6 Å². The summed E-state index contributed by atoms with van der Waals surface area (Å²) in [5.74, 6) is 0.743. The normalized spacial score (nSPS) is 14.3. The second-order valence-electron chi connectivity index (χ2n) is 9.66. The van der Waals surface area contributed by atoms with Crippen molar-refractivity contribution in [2.45, 2.75) is 50.0 Å². The van der Waals surface area contributed by atoms with Crippen LogP contribution in [-0.2, 0) is 20.2 Å². The van der Waals surface area contributed by atoms with Gasteiger partial charge in [-0.3, -0.25) is 4.79 Å². The molecule has 8 heteroatoms. The molecule has 0 radical (unpaired) electrons. The molecule has 1 aliphatic rings. The van der Waals surface area contributed by atoms with Crippen LogP contribution in [0.1, 0.15) is 37.8 Å². The third-order valence-corrected chi connectivity index (χ3v) is 7.80. The molecular weight excluding hydrogens is 486 g/mol. The minimum Gasteiger partial charge on any atom is -0.491 e. The number of nitrogens with zero attached hydrogens (tertiary/aromatic N) is 2. The van der Waals surface area contributed by atoms with Gasteiger partial charge in [-0.1, -0.05) is 35.9 Å². The number of ether oxygens (including phenoxy) is 1. The molecule has 1 amide bonds. The number of carbonyl (C=O) groups excluding carboxylic acids is 1. The van der Waals surface area contributed by atoms with Gasteiger partial charge in [0.05, 0.1) is 21.9 Å². The molecule has 37 heavy (non-hydrogen) atoms. The molecule has 0 spiro atoms. The highest BCUT2D eigenvalue weighted by atomic mass is 32.2. The summed E-state index contributed by atoms with van der Waals surface area (Å²) in [6, 6.07) is 14.0. The zero-order chi connectivity index (χ0) is 26.8. The lowest BCUT2D eigenvalue weighted by Crippen LogP contribution is -2.39. The van der Waals surface area contributed by atoms with Gasteiger partial charge in [-0.15, -0.1) is 13.2 Å². The van der Waals surface area contributed by atoms with E-state index in [1.165, 1.54) is 6.07 Å². The lowest BCUT2D eigenvalue weighted by atomic mass is 9.93. The Balaban J connectivity index is 1.67. The number of hydrogen-bond acceptors (Lipinski definition) is 6. The fraction of sp³-hybridized carbons (Fsp3) is 0.310.